The summed E-state index contributed by atoms with van der Waals surface area (Å²) >= 11 is 1.50. The molecular weight excluding hydrogens is 466 g/mol. The first-order valence-corrected chi connectivity index (χ1v) is 12.5. The molecule has 0 bridgehead atoms. The molecule has 0 spiro atoms. The van der Waals surface area contributed by atoms with Gasteiger partial charge in [0.2, 0.25) is 5.91 Å². The van der Waals surface area contributed by atoms with Gasteiger partial charge >= 0.3 is 0 Å². The fraction of sp³-hybridized carbons (Fsp3) is 0.423. The minimum absolute atomic E-state index is 0.0184. The van der Waals surface area contributed by atoms with Gasteiger partial charge in [0, 0.05) is 24.6 Å². The highest BCUT2D eigenvalue weighted by Crippen LogP contribution is 2.29. The highest BCUT2D eigenvalue weighted by molar-refractivity contribution is 7.18. The van der Waals surface area contributed by atoms with Crippen molar-refractivity contribution in [1.82, 2.24) is 14.5 Å². The number of hydrogen-bond acceptors (Lipinski definition) is 7. The van der Waals surface area contributed by atoms with Gasteiger partial charge in [-0.15, -0.1) is 11.3 Å². The number of methoxy groups -OCH3 is 1. The Bertz CT molecular complexity index is 1280. The Balaban J connectivity index is 1.58. The van der Waals surface area contributed by atoms with E-state index in [0.29, 0.717) is 48.0 Å². The van der Waals surface area contributed by atoms with Crippen LogP contribution < -0.4 is 15.0 Å². The number of carbonyl (C=O) groups excluding carboxylic acids is 1. The normalized spacial score (nSPS) is 15.3. The van der Waals surface area contributed by atoms with Crippen molar-refractivity contribution >= 4 is 27.5 Å². The molecule has 2 aromatic heterocycles. The van der Waals surface area contributed by atoms with Crippen LogP contribution in [0.25, 0.3) is 10.2 Å². The first-order valence-electron chi connectivity index (χ1n) is 11.7. The largest absolute Gasteiger partial charge is 0.493 e. The van der Waals surface area contributed by atoms with Crippen molar-refractivity contribution in [2.45, 2.75) is 45.9 Å². The Morgan fingerprint density at radius 3 is 2.91 bits per heavy atom. The second kappa shape index (κ2) is 11.0. The molecule has 1 aromatic carbocycles. The van der Waals surface area contributed by atoms with Crippen molar-refractivity contribution < 1.29 is 19.0 Å². The van der Waals surface area contributed by atoms with E-state index in [1.807, 2.05) is 32.0 Å². The van der Waals surface area contributed by atoms with Gasteiger partial charge in [0.05, 0.1) is 24.9 Å². The molecule has 1 amide bonds. The zero-order valence-corrected chi connectivity index (χ0v) is 21.2. The van der Waals surface area contributed by atoms with Crippen LogP contribution in [0.15, 0.2) is 42.0 Å². The van der Waals surface area contributed by atoms with Gasteiger partial charge in [0.1, 0.15) is 18.0 Å². The van der Waals surface area contributed by atoms with Crippen LogP contribution in [0.2, 0.25) is 0 Å². The fourth-order valence-corrected chi connectivity index (χ4v) is 5.20. The summed E-state index contributed by atoms with van der Waals surface area (Å²) in [4.78, 5) is 34.5. The molecule has 1 fully saturated rings. The first kappa shape index (κ1) is 24.9. The van der Waals surface area contributed by atoms with Crippen molar-refractivity contribution in [2.75, 3.05) is 26.9 Å². The van der Waals surface area contributed by atoms with Crippen molar-refractivity contribution in [2.24, 2.45) is 0 Å². The number of ether oxygens (including phenoxy) is 3. The van der Waals surface area contributed by atoms with Gasteiger partial charge in [0.25, 0.3) is 5.56 Å². The van der Waals surface area contributed by atoms with Gasteiger partial charge in [-0.05, 0) is 49.9 Å². The Hall–Kier alpha value is -3.17. The van der Waals surface area contributed by atoms with E-state index in [9.17, 15) is 9.59 Å². The average Bonchev–Trinajstić information content (AvgIpc) is 3.47. The molecule has 3 aromatic rings. The summed E-state index contributed by atoms with van der Waals surface area (Å²) < 4.78 is 18.3. The number of thiophene rings is 1. The van der Waals surface area contributed by atoms with Gasteiger partial charge in [-0.1, -0.05) is 18.7 Å². The second-order valence-electron chi connectivity index (χ2n) is 8.64. The van der Waals surface area contributed by atoms with Gasteiger partial charge in [-0.2, -0.15) is 0 Å². The molecule has 0 aliphatic carbocycles. The summed E-state index contributed by atoms with van der Waals surface area (Å²) in [7, 11) is 1.58. The SMILES string of the molecule is C=CCOc1ccc(CN(CC2CCCO2)C(=O)Cn2cnc3sc(C)c(C)c3c2=O)cc1OC. The molecule has 186 valence electrons. The number of hydrogen-bond donors (Lipinski definition) is 0. The van der Waals surface area contributed by atoms with Crippen LogP contribution in [-0.4, -0.2) is 53.3 Å². The first-order chi connectivity index (χ1) is 16.9. The Morgan fingerprint density at radius 1 is 1.37 bits per heavy atom. The highest BCUT2D eigenvalue weighted by atomic mass is 32.1. The number of benzene rings is 1. The summed E-state index contributed by atoms with van der Waals surface area (Å²) in [6.07, 6.45) is 5.00. The van der Waals surface area contributed by atoms with E-state index in [-0.39, 0.29) is 24.1 Å². The maximum atomic E-state index is 13.5. The summed E-state index contributed by atoms with van der Waals surface area (Å²) in [5.41, 5.74) is 1.63. The van der Waals surface area contributed by atoms with Gasteiger partial charge < -0.3 is 19.1 Å². The summed E-state index contributed by atoms with van der Waals surface area (Å²) in [5.74, 6) is 1.03. The zero-order chi connectivity index (χ0) is 24.9. The number of nitrogens with zero attached hydrogens (tertiary/aromatic N) is 3. The second-order valence-corrected chi connectivity index (χ2v) is 9.84. The van der Waals surface area contributed by atoms with Crippen LogP contribution in [0.1, 0.15) is 28.8 Å². The summed E-state index contributed by atoms with van der Waals surface area (Å²) in [6, 6.07) is 5.61. The number of fused-ring (bicyclic) bond motifs is 1. The van der Waals surface area contributed by atoms with E-state index in [4.69, 9.17) is 14.2 Å². The third kappa shape index (κ3) is 5.57. The molecular formula is C26H31N3O5S. The zero-order valence-electron chi connectivity index (χ0n) is 20.4. The predicted molar refractivity (Wildman–Crippen MR) is 136 cm³/mol. The average molecular weight is 498 g/mol. The number of carbonyl (C=O) groups is 1. The quantitative estimate of drug-likeness (QED) is 0.396. The van der Waals surface area contributed by atoms with E-state index in [2.05, 4.69) is 11.6 Å². The molecule has 1 aliphatic rings. The molecule has 3 heterocycles. The monoisotopic (exact) mass is 497 g/mol. The number of rotatable bonds is 10. The van der Waals surface area contributed by atoms with E-state index < -0.39 is 0 Å². The van der Waals surface area contributed by atoms with Crippen LogP contribution in [0.3, 0.4) is 0 Å². The Morgan fingerprint density at radius 2 is 2.20 bits per heavy atom. The standard InChI is InChI=1S/C26H31N3O5S/c1-5-10-34-21-9-8-19(12-22(21)32-4)13-28(14-20-7-6-11-33-20)23(30)15-29-16-27-25-24(26(29)31)17(2)18(3)35-25/h5,8-9,12,16,20H,1,6-7,10-11,13-15H2,2-4H3. The molecule has 0 saturated carbocycles. The molecule has 35 heavy (non-hydrogen) atoms. The fourth-order valence-electron chi connectivity index (χ4n) is 4.22. The lowest BCUT2D eigenvalue weighted by molar-refractivity contribution is -0.134. The molecule has 1 atom stereocenters. The van der Waals surface area contributed by atoms with Crippen molar-refractivity contribution in [1.29, 1.82) is 0 Å². The lowest BCUT2D eigenvalue weighted by atomic mass is 10.1. The van der Waals surface area contributed by atoms with Crippen molar-refractivity contribution in [3.8, 4) is 11.5 Å². The minimum Gasteiger partial charge on any atom is -0.493 e. The van der Waals surface area contributed by atoms with Gasteiger partial charge in [-0.25, -0.2) is 4.98 Å². The van der Waals surface area contributed by atoms with E-state index in [1.54, 1.807) is 18.1 Å². The van der Waals surface area contributed by atoms with Crippen LogP contribution in [0.4, 0.5) is 0 Å². The molecule has 1 unspecified atom stereocenters. The predicted octanol–water partition coefficient (Wildman–Crippen LogP) is 3.86. The van der Waals surface area contributed by atoms with E-state index in [1.165, 1.54) is 22.2 Å². The summed E-state index contributed by atoms with van der Waals surface area (Å²) in [5, 5.41) is 0.591. The number of aromatic nitrogens is 2. The van der Waals surface area contributed by atoms with Crippen LogP contribution in [0.5, 0.6) is 11.5 Å². The topological polar surface area (TPSA) is 82.9 Å². The molecule has 9 heteroatoms. The molecule has 1 saturated heterocycles. The summed E-state index contributed by atoms with van der Waals surface area (Å²) in [6.45, 7) is 9.37. The third-order valence-electron chi connectivity index (χ3n) is 6.22. The highest BCUT2D eigenvalue weighted by Gasteiger charge is 2.24. The number of amides is 1. The lowest BCUT2D eigenvalue weighted by Crippen LogP contribution is -2.40. The minimum atomic E-state index is -0.187. The van der Waals surface area contributed by atoms with E-state index >= 15 is 0 Å². The Kier molecular flexibility index (Phi) is 7.87. The Labute approximate surface area is 208 Å². The van der Waals surface area contributed by atoms with Crippen molar-refractivity contribution in [3.63, 3.8) is 0 Å². The van der Waals surface area contributed by atoms with Gasteiger partial charge in [0.15, 0.2) is 11.5 Å². The van der Waals surface area contributed by atoms with Crippen LogP contribution in [-0.2, 0) is 22.6 Å². The maximum Gasteiger partial charge on any atom is 0.262 e. The molecule has 0 N–H and O–H groups in total. The molecule has 4 rings (SSSR count). The third-order valence-corrected chi connectivity index (χ3v) is 7.34. The van der Waals surface area contributed by atoms with Gasteiger partial charge in [-0.3, -0.25) is 14.2 Å². The smallest absolute Gasteiger partial charge is 0.262 e. The van der Waals surface area contributed by atoms with Crippen LogP contribution >= 0.6 is 11.3 Å². The van der Waals surface area contributed by atoms with E-state index in [0.717, 1.165) is 28.8 Å². The van der Waals surface area contributed by atoms with Crippen LogP contribution in [0, 0.1) is 13.8 Å². The lowest BCUT2D eigenvalue weighted by Gasteiger charge is -2.26. The molecule has 8 nitrogen and oxygen atoms in total. The van der Waals surface area contributed by atoms with Crippen molar-refractivity contribution in [3.05, 3.63) is 63.5 Å². The number of aryl methyl sites for hydroxylation is 2. The maximum absolute atomic E-state index is 13.5. The molecule has 0 radical (unpaired) electrons. The molecule has 1 aliphatic heterocycles.